The molecular formula is C31H34N4O7. The van der Waals surface area contributed by atoms with Crippen LogP contribution in [0.4, 0.5) is 4.79 Å². The van der Waals surface area contributed by atoms with Crippen LogP contribution in [0.3, 0.4) is 0 Å². The first-order chi connectivity index (χ1) is 20.3. The number of fused-ring (bicyclic) bond motifs is 5. The first-order valence-corrected chi connectivity index (χ1v) is 14.9. The molecule has 1 amide bonds. The number of ether oxygens (including phenoxy) is 2. The van der Waals surface area contributed by atoms with Crippen LogP contribution in [-0.2, 0) is 28.3 Å². The topological polar surface area (TPSA) is 134 Å². The molecule has 2 saturated heterocycles. The zero-order valence-electron chi connectivity index (χ0n) is 23.6. The van der Waals surface area contributed by atoms with Gasteiger partial charge in [0.05, 0.1) is 29.0 Å². The average molecular weight is 575 g/mol. The molecule has 0 aliphatic carbocycles. The summed E-state index contributed by atoms with van der Waals surface area (Å²) in [7, 11) is 0. The Morgan fingerprint density at radius 1 is 1.07 bits per heavy atom. The Morgan fingerprint density at radius 3 is 2.57 bits per heavy atom. The molecule has 2 N–H and O–H groups in total. The highest BCUT2D eigenvalue weighted by molar-refractivity contribution is 5.87. The molecule has 6 heterocycles. The van der Waals surface area contributed by atoms with E-state index in [-0.39, 0.29) is 41.9 Å². The number of H-pyrrole nitrogens is 1. The van der Waals surface area contributed by atoms with E-state index < -0.39 is 23.2 Å². The van der Waals surface area contributed by atoms with Crippen molar-refractivity contribution in [2.75, 3.05) is 26.2 Å². The van der Waals surface area contributed by atoms with Gasteiger partial charge in [-0.1, -0.05) is 13.3 Å². The lowest BCUT2D eigenvalue weighted by Crippen LogP contribution is -2.48. The SMILES string of the molecule is CC[C@@]1(O)C(=O)OCc2c1cc1n(c2=O)Cc2c-1[nH]c1ccc(OC(=O)N3CCC(N4CCCCC4)CC3)cc1c2=O. The number of rotatable bonds is 3. The van der Waals surface area contributed by atoms with Gasteiger partial charge in [-0.05, 0) is 69.5 Å². The van der Waals surface area contributed by atoms with Crippen molar-refractivity contribution in [3.63, 3.8) is 0 Å². The lowest BCUT2D eigenvalue weighted by atomic mass is 9.86. The highest BCUT2D eigenvalue weighted by Crippen LogP contribution is 2.38. The number of nitrogens with zero attached hydrogens (tertiary/aromatic N) is 3. The minimum Gasteiger partial charge on any atom is -0.458 e. The molecule has 7 rings (SSSR count). The molecule has 42 heavy (non-hydrogen) atoms. The number of aromatic amines is 1. The molecule has 0 unspecified atom stereocenters. The molecule has 2 fully saturated rings. The highest BCUT2D eigenvalue weighted by Gasteiger charge is 2.45. The number of hydrogen-bond acceptors (Lipinski definition) is 8. The second kappa shape index (κ2) is 10.1. The fourth-order valence-corrected chi connectivity index (χ4v) is 7.02. The van der Waals surface area contributed by atoms with Crippen LogP contribution >= 0.6 is 0 Å². The van der Waals surface area contributed by atoms with E-state index in [0.717, 1.165) is 25.9 Å². The third-order valence-corrected chi connectivity index (χ3v) is 9.52. The summed E-state index contributed by atoms with van der Waals surface area (Å²) in [6.07, 6.45) is 5.27. The zero-order chi connectivity index (χ0) is 29.2. The molecule has 11 heteroatoms. The predicted molar refractivity (Wildman–Crippen MR) is 153 cm³/mol. The van der Waals surface area contributed by atoms with Crippen molar-refractivity contribution >= 4 is 23.0 Å². The number of aromatic nitrogens is 2. The monoisotopic (exact) mass is 574 g/mol. The van der Waals surface area contributed by atoms with Crippen LogP contribution in [0.5, 0.6) is 5.75 Å². The first-order valence-electron chi connectivity index (χ1n) is 14.9. The van der Waals surface area contributed by atoms with Crippen LogP contribution in [0.15, 0.2) is 33.9 Å². The standard InChI is InChI=1S/C31H34N4O7/c1-2-31(40)23-15-25-26-21(16-35(25)28(37)22(23)17-41-29(31)38)27(36)20-14-19(6-7-24(20)32-26)42-30(39)34-12-8-18(9-13-34)33-10-4-3-5-11-33/h6-7,14-15,18,40H,2-5,8-13,16-17H2,1H3,(H,32,36)/t31-/m0/s1. The van der Waals surface area contributed by atoms with E-state index in [1.54, 1.807) is 36.1 Å². The Bertz CT molecular complexity index is 1730. The number of amides is 1. The average Bonchev–Trinajstić information content (AvgIpc) is 3.39. The van der Waals surface area contributed by atoms with Gasteiger partial charge in [-0.15, -0.1) is 0 Å². The number of benzene rings is 1. The lowest BCUT2D eigenvalue weighted by molar-refractivity contribution is -0.172. The van der Waals surface area contributed by atoms with Gasteiger partial charge in [0.15, 0.2) is 11.0 Å². The van der Waals surface area contributed by atoms with Crippen molar-refractivity contribution in [1.82, 2.24) is 19.4 Å². The first kappa shape index (κ1) is 26.9. The molecule has 4 aliphatic heterocycles. The number of carbonyl (C=O) groups excluding carboxylic acids is 2. The molecule has 4 aliphatic rings. The molecule has 2 aromatic heterocycles. The minimum atomic E-state index is -1.93. The number of piperidine rings is 2. The quantitative estimate of drug-likeness (QED) is 0.357. The van der Waals surface area contributed by atoms with Crippen LogP contribution in [-0.4, -0.2) is 68.7 Å². The van der Waals surface area contributed by atoms with Crippen LogP contribution in [0.2, 0.25) is 0 Å². The van der Waals surface area contributed by atoms with Crippen molar-refractivity contribution in [3.8, 4) is 17.1 Å². The van der Waals surface area contributed by atoms with Crippen LogP contribution in [0.25, 0.3) is 22.3 Å². The molecule has 0 spiro atoms. The Balaban J connectivity index is 1.14. The fraction of sp³-hybridized carbons (Fsp3) is 0.484. The van der Waals surface area contributed by atoms with Gasteiger partial charge in [-0.25, -0.2) is 9.59 Å². The molecule has 0 saturated carbocycles. The van der Waals surface area contributed by atoms with Gasteiger partial charge in [-0.3, -0.25) is 9.59 Å². The summed E-state index contributed by atoms with van der Waals surface area (Å²) in [5.74, 6) is -0.511. The number of carbonyl (C=O) groups is 2. The van der Waals surface area contributed by atoms with E-state index in [2.05, 4.69) is 9.88 Å². The van der Waals surface area contributed by atoms with E-state index in [1.165, 1.54) is 23.8 Å². The number of aliphatic hydroxyl groups is 1. The number of cyclic esters (lactones) is 1. The van der Waals surface area contributed by atoms with Gasteiger partial charge in [0.2, 0.25) is 0 Å². The van der Waals surface area contributed by atoms with Crippen LogP contribution < -0.4 is 15.7 Å². The third kappa shape index (κ3) is 4.17. The third-order valence-electron chi connectivity index (χ3n) is 9.52. The van der Waals surface area contributed by atoms with Gasteiger partial charge < -0.3 is 33.9 Å². The summed E-state index contributed by atoms with van der Waals surface area (Å²) in [5.41, 5.74) is -0.392. The largest absolute Gasteiger partial charge is 0.458 e. The van der Waals surface area contributed by atoms with E-state index in [9.17, 15) is 24.3 Å². The Labute approximate surface area is 241 Å². The maximum atomic E-state index is 13.7. The van der Waals surface area contributed by atoms with Crippen LogP contribution in [0.1, 0.15) is 62.1 Å². The van der Waals surface area contributed by atoms with Crippen LogP contribution in [0, 0.1) is 0 Å². The summed E-state index contributed by atoms with van der Waals surface area (Å²) in [4.78, 5) is 60.0. The lowest BCUT2D eigenvalue weighted by Gasteiger charge is -2.39. The summed E-state index contributed by atoms with van der Waals surface area (Å²) >= 11 is 0. The van der Waals surface area contributed by atoms with Gasteiger partial charge in [0, 0.05) is 35.6 Å². The van der Waals surface area contributed by atoms with Crippen molar-refractivity contribution < 1.29 is 24.2 Å². The smallest absolute Gasteiger partial charge is 0.415 e. The molecule has 11 nitrogen and oxygen atoms in total. The van der Waals surface area contributed by atoms with Gasteiger partial charge in [0.25, 0.3) is 5.56 Å². The summed E-state index contributed by atoms with van der Waals surface area (Å²) < 4.78 is 12.3. The molecule has 0 bridgehead atoms. The molecule has 3 aromatic rings. The van der Waals surface area contributed by atoms with Crippen molar-refractivity contribution in [2.45, 2.75) is 70.2 Å². The molecule has 1 aromatic carbocycles. The molecule has 1 atom stereocenters. The minimum absolute atomic E-state index is 0.0382. The molecule has 0 radical (unpaired) electrons. The Morgan fingerprint density at radius 2 is 1.83 bits per heavy atom. The number of likely N-dealkylation sites (tertiary alicyclic amines) is 2. The van der Waals surface area contributed by atoms with E-state index in [0.29, 0.717) is 47.0 Å². The fourth-order valence-electron chi connectivity index (χ4n) is 7.02. The maximum absolute atomic E-state index is 13.7. The summed E-state index contributed by atoms with van der Waals surface area (Å²) in [6.45, 7) is 5.02. The summed E-state index contributed by atoms with van der Waals surface area (Å²) in [5, 5.41) is 11.4. The van der Waals surface area contributed by atoms with E-state index in [1.807, 2.05) is 0 Å². The zero-order valence-corrected chi connectivity index (χ0v) is 23.6. The van der Waals surface area contributed by atoms with Gasteiger partial charge in [0.1, 0.15) is 12.4 Å². The van der Waals surface area contributed by atoms with E-state index in [4.69, 9.17) is 9.47 Å². The van der Waals surface area contributed by atoms with Gasteiger partial charge in [-0.2, -0.15) is 0 Å². The second-order valence-corrected chi connectivity index (χ2v) is 11.8. The number of nitrogens with one attached hydrogen (secondary N) is 1. The van der Waals surface area contributed by atoms with Crippen molar-refractivity contribution in [2.24, 2.45) is 0 Å². The van der Waals surface area contributed by atoms with E-state index >= 15 is 0 Å². The Hall–Kier alpha value is -3.96. The number of pyridine rings is 2. The number of hydrogen-bond donors (Lipinski definition) is 2. The number of esters is 1. The van der Waals surface area contributed by atoms with Gasteiger partial charge >= 0.3 is 12.1 Å². The second-order valence-electron chi connectivity index (χ2n) is 11.8. The summed E-state index contributed by atoms with van der Waals surface area (Å²) in [6, 6.07) is 7.01. The normalized spacial score (nSPS) is 22.4. The Kier molecular flexibility index (Phi) is 6.47. The predicted octanol–water partition coefficient (Wildman–Crippen LogP) is 2.82. The van der Waals surface area contributed by atoms with Crippen molar-refractivity contribution in [3.05, 3.63) is 61.5 Å². The molecular weight excluding hydrogens is 540 g/mol. The van der Waals surface area contributed by atoms with Crippen molar-refractivity contribution in [1.29, 1.82) is 0 Å². The maximum Gasteiger partial charge on any atom is 0.415 e. The molecule has 220 valence electrons. The highest BCUT2D eigenvalue weighted by atomic mass is 16.6.